The number of aromatic nitrogens is 3. The number of rotatable bonds is 4. The molecule has 0 radical (unpaired) electrons. The first kappa shape index (κ1) is 11.8. The summed E-state index contributed by atoms with van der Waals surface area (Å²) in [6, 6.07) is 2.26. The van der Waals surface area contributed by atoms with Gasteiger partial charge in [0.25, 0.3) is 0 Å². The van der Waals surface area contributed by atoms with Gasteiger partial charge in [-0.3, -0.25) is 0 Å². The van der Waals surface area contributed by atoms with E-state index in [4.69, 9.17) is 0 Å². The highest BCUT2D eigenvalue weighted by Gasteiger charge is 2.21. The van der Waals surface area contributed by atoms with Gasteiger partial charge in [-0.2, -0.15) is 5.10 Å². The third-order valence-corrected chi connectivity index (χ3v) is 3.29. The number of nitrogens with zero attached hydrogens (tertiary/aromatic N) is 3. The van der Waals surface area contributed by atoms with E-state index in [0.717, 1.165) is 4.47 Å². The number of hydrogen-bond acceptors (Lipinski definition) is 3. The van der Waals surface area contributed by atoms with Crippen LogP contribution in [0.5, 0.6) is 0 Å². The summed E-state index contributed by atoms with van der Waals surface area (Å²) in [5, 5.41) is 7.33. The largest absolute Gasteiger partial charge is 0.310 e. The van der Waals surface area contributed by atoms with E-state index in [1.165, 1.54) is 17.5 Å². The summed E-state index contributed by atoms with van der Waals surface area (Å²) in [6.07, 6.45) is 7.27. The van der Waals surface area contributed by atoms with E-state index in [-0.39, 0.29) is 11.6 Å². The molecule has 18 heavy (non-hydrogen) atoms. The maximum Gasteiger partial charge on any atom is 0.190 e. The smallest absolute Gasteiger partial charge is 0.190 e. The molecule has 0 bridgehead atoms. The van der Waals surface area contributed by atoms with Crippen molar-refractivity contribution in [3.63, 3.8) is 0 Å². The van der Waals surface area contributed by atoms with Crippen LogP contribution in [-0.4, -0.2) is 20.8 Å². The van der Waals surface area contributed by atoms with Crippen LogP contribution in [0.1, 0.15) is 18.4 Å². The summed E-state index contributed by atoms with van der Waals surface area (Å²) in [5.74, 6) is -0.0861. The Kier molecular flexibility index (Phi) is 3.13. The highest BCUT2D eigenvalue weighted by Crippen LogP contribution is 2.21. The van der Waals surface area contributed by atoms with Crippen molar-refractivity contribution in [3.8, 4) is 5.82 Å². The van der Waals surface area contributed by atoms with Crippen LogP contribution in [0, 0.1) is 5.82 Å². The molecule has 1 saturated carbocycles. The predicted molar refractivity (Wildman–Crippen MR) is 68.9 cm³/mol. The van der Waals surface area contributed by atoms with Gasteiger partial charge < -0.3 is 5.32 Å². The van der Waals surface area contributed by atoms with Crippen molar-refractivity contribution < 1.29 is 4.39 Å². The molecule has 1 aliphatic rings. The van der Waals surface area contributed by atoms with Crippen LogP contribution in [0.15, 0.2) is 29.1 Å². The molecular weight excluding hydrogens is 299 g/mol. The zero-order valence-corrected chi connectivity index (χ0v) is 11.2. The first-order chi connectivity index (χ1) is 8.74. The van der Waals surface area contributed by atoms with Gasteiger partial charge in [-0.1, -0.05) is 0 Å². The lowest BCUT2D eigenvalue weighted by atomic mass is 10.2. The standard InChI is InChI=1S/C12H12BrFN4/c13-9-6-17-18(7-9)12-11(14)8(3-4-15-12)5-16-10-1-2-10/h3-4,6-7,10,16H,1-2,5H2. The Hall–Kier alpha value is -1.27. The molecule has 0 aliphatic heterocycles. The van der Waals surface area contributed by atoms with Crippen molar-refractivity contribution in [3.05, 3.63) is 40.5 Å². The van der Waals surface area contributed by atoms with E-state index in [1.54, 1.807) is 24.7 Å². The molecule has 2 aromatic heterocycles. The second kappa shape index (κ2) is 4.78. The number of nitrogens with one attached hydrogen (secondary N) is 1. The minimum absolute atomic E-state index is 0.232. The first-order valence-electron chi connectivity index (χ1n) is 5.81. The Balaban J connectivity index is 1.87. The van der Waals surface area contributed by atoms with E-state index in [0.29, 0.717) is 18.2 Å². The molecule has 2 heterocycles. The minimum Gasteiger partial charge on any atom is -0.310 e. The summed E-state index contributed by atoms with van der Waals surface area (Å²) >= 11 is 3.28. The first-order valence-corrected chi connectivity index (χ1v) is 6.60. The van der Waals surface area contributed by atoms with Crippen molar-refractivity contribution >= 4 is 15.9 Å². The van der Waals surface area contributed by atoms with Gasteiger partial charge in [0.05, 0.1) is 10.7 Å². The molecule has 3 rings (SSSR count). The molecule has 0 amide bonds. The number of halogens is 2. The Bertz CT molecular complexity index is 565. The van der Waals surface area contributed by atoms with Gasteiger partial charge in [0, 0.05) is 30.5 Å². The number of hydrogen-bond donors (Lipinski definition) is 1. The average molecular weight is 311 g/mol. The Morgan fingerprint density at radius 2 is 2.33 bits per heavy atom. The maximum absolute atomic E-state index is 14.3. The topological polar surface area (TPSA) is 42.7 Å². The molecule has 1 N–H and O–H groups in total. The molecule has 2 aromatic rings. The van der Waals surface area contributed by atoms with E-state index >= 15 is 0 Å². The van der Waals surface area contributed by atoms with Crippen LogP contribution in [-0.2, 0) is 6.54 Å². The lowest BCUT2D eigenvalue weighted by Crippen LogP contribution is -2.17. The monoisotopic (exact) mass is 310 g/mol. The third-order valence-electron chi connectivity index (χ3n) is 2.88. The van der Waals surface area contributed by atoms with Gasteiger partial charge >= 0.3 is 0 Å². The van der Waals surface area contributed by atoms with Crippen LogP contribution < -0.4 is 5.32 Å². The second-order valence-electron chi connectivity index (χ2n) is 4.37. The highest BCUT2D eigenvalue weighted by atomic mass is 79.9. The average Bonchev–Trinajstić information content (AvgIpc) is 3.09. The number of pyridine rings is 1. The van der Waals surface area contributed by atoms with Crippen LogP contribution in [0.3, 0.4) is 0 Å². The zero-order valence-electron chi connectivity index (χ0n) is 9.61. The molecule has 0 aromatic carbocycles. The summed E-state index contributed by atoms with van der Waals surface area (Å²) in [6.45, 7) is 0.536. The Morgan fingerprint density at radius 1 is 1.50 bits per heavy atom. The van der Waals surface area contributed by atoms with Crippen molar-refractivity contribution in [2.75, 3.05) is 0 Å². The fourth-order valence-corrected chi connectivity index (χ4v) is 2.01. The lowest BCUT2D eigenvalue weighted by molar-refractivity contribution is 0.567. The molecular formula is C12H12BrFN4. The van der Waals surface area contributed by atoms with Gasteiger partial charge in [0.1, 0.15) is 0 Å². The Morgan fingerprint density at radius 3 is 3.00 bits per heavy atom. The van der Waals surface area contributed by atoms with Crippen molar-refractivity contribution in [2.24, 2.45) is 0 Å². The quantitative estimate of drug-likeness (QED) is 0.943. The fourth-order valence-electron chi connectivity index (χ4n) is 1.73. The van der Waals surface area contributed by atoms with Gasteiger partial charge in [-0.25, -0.2) is 14.1 Å². The summed E-state index contributed by atoms with van der Waals surface area (Å²) in [7, 11) is 0. The molecule has 1 aliphatic carbocycles. The Labute approximate surface area is 112 Å². The lowest BCUT2D eigenvalue weighted by Gasteiger charge is -2.08. The molecule has 94 valence electrons. The molecule has 0 atom stereocenters. The molecule has 0 spiro atoms. The summed E-state index contributed by atoms with van der Waals surface area (Å²) in [4.78, 5) is 4.04. The fraction of sp³-hybridized carbons (Fsp3) is 0.333. The van der Waals surface area contributed by atoms with Gasteiger partial charge in [0.2, 0.25) is 0 Å². The highest BCUT2D eigenvalue weighted by molar-refractivity contribution is 9.10. The van der Waals surface area contributed by atoms with Crippen LogP contribution in [0.2, 0.25) is 0 Å². The van der Waals surface area contributed by atoms with E-state index < -0.39 is 0 Å². The molecule has 4 nitrogen and oxygen atoms in total. The van der Waals surface area contributed by atoms with Gasteiger partial charge in [0.15, 0.2) is 11.6 Å². The normalized spacial score (nSPS) is 15.0. The molecule has 0 saturated heterocycles. The van der Waals surface area contributed by atoms with Crippen molar-refractivity contribution in [1.29, 1.82) is 0 Å². The van der Waals surface area contributed by atoms with Crippen LogP contribution >= 0.6 is 15.9 Å². The van der Waals surface area contributed by atoms with E-state index in [1.807, 2.05) is 0 Å². The summed E-state index contributed by atoms with van der Waals surface area (Å²) in [5.41, 5.74) is 0.624. The molecule has 6 heteroatoms. The minimum atomic E-state index is -0.318. The maximum atomic E-state index is 14.3. The SMILES string of the molecule is Fc1c(CNC2CC2)ccnc1-n1cc(Br)cn1. The molecule has 1 fully saturated rings. The van der Waals surface area contributed by atoms with E-state index in [2.05, 4.69) is 31.3 Å². The zero-order chi connectivity index (χ0) is 12.5. The van der Waals surface area contributed by atoms with E-state index in [9.17, 15) is 4.39 Å². The van der Waals surface area contributed by atoms with Crippen molar-refractivity contribution in [1.82, 2.24) is 20.1 Å². The molecule has 0 unspecified atom stereocenters. The third kappa shape index (κ3) is 2.44. The van der Waals surface area contributed by atoms with Gasteiger partial charge in [-0.15, -0.1) is 0 Å². The van der Waals surface area contributed by atoms with Crippen molar-refractivity contribution in [2.45, 2.75) is 25.4 Å². The van der Waals surface area contributed by atoms with Crippen LogP contribution in [0.25, 0.3) is 5.82 Å². The van der Waals surface area contributed by atoms with Crippen LogP contribution in [0.4, 0.5) is 4.39 Å². The summed E-state index contributed by atoms with van der Waals surface area (Å²) < 4.78 is 16.5. The second-order valence-corrected chi connectivity index (χ2v) is 5.28. The predicted octanol–water partition coefficient (Wildman–Crippen LogP) is 2.42. The van der Waals surface area contributed by atoms with Gasteiger partial charge in [-0.05, 0) is 34.8 Å².